The Morgan fingerprint density at radius 2 is 1.91 bits per heavy atom. The number of aromatic amines is 1. The number of hydrogen-bond acceptors (Lipinski definition) is 3. The molecule has 1 aliphatic rings. The minimum Gasteiger partial charge on any atom is -0.389 e. The number of nitrogens with one attached hydrogen (secondary N) is 1. The predicted octanol–water partition coefficient (Wildman–Crippen LogP) is 5.71. The maximum Gasteiger partial charge on any atom is 0.269 e. The third-order valence-electron chi connectivity index (χ3n) is 7.02. The molecule has 1 fully saturated rings. The highest BCUT2D eigenvalue weighted by Crippen LogP contribution is 2.41. The molecule has 4 rings (SSSR count). The lowest BCUT2D eigenvalue weighted by Gasteiger charge is -2.35. The zero-order chi connectivity index (χ0) is 24.9. The second kappa shape index (κ2) is 9.14. The number of benzene rings is 1. The lowest BCUT2D eigenvalue weighted by atomic mass is 9.86. The first kappa shape index (κ1) is 25.0. The normalized spacial score (nSPS) is 16.2. The standard InChI is InChI=1S/C27H35ClFN3O2/c1-15(2)21-22-20(30-25(21)19-13-31(6)26(33)23(28)16(19)3)8-7-18(24(22)29)17-9-11-32(12-10-17)14-27(4,5)34/h7-8,13,15,17,30,34H,9-12,14H2,1-6H3. The third-order valence-corrected chi connectivity index (χ3v) is 7.46. The van der Waals surface area contributed by atoms with Crippen molar-refractivity contribution >= 4 is 22.5 Å². The fourth-order valence-corrected chi connectivity index (χ4v) is 5.61. The van der Waals surface area contributed by atoms with E-state index in [-0.39, 0.29) is 28.2 Å². The van der Waals surface area contributed by atoms with Crippen LogP contribution in [0.4, 0.5) is 4.39 Å². The predicted molar refractivity (Wildman–Crippen MR) is 137 cm³/mol. The number of hydrogen-bond donors (Lipinski definition) is 2. The Morgan fingerprint density at radius 1 is 1.26 bits per heavy atom. The van der Waals surface area contributed by atoms with Crippen molar-refractivity contribution in [2.75, 3.05) is 19.6 Å². The number of rotatable bonds is 5. The van der Waals surface area contributed by atoms with Gasteiger partial charge in [0.25, 0.3) is 5.56 Å². The van der Waals surface area contributed by atoms with Crippen LogP contribution in [0, 0.1) is 12.7 Å². The van der Waals surface area contributed by atoms with Crippen molar-refractivity contribution in [2.24, 2.45) is 7.05 Å². The number of likely N-dealkylation sites (tertiary alicyclic amines) is 1. The molecule has 3 heterocycles. The van der Waals surface area contributed by atoms with Crippen LogP contribution >= 0.6 is 11.6 Å². The Balaban J connectivity index is 1.77. The molecule has 0 bridgehead atoms. The summed E-state index contributed by atoms with van der Waals surface area (Å²) < 4.78 is 17.6. The number of halogens is 2. The van der Waals surface area contributed by atoms with Gasteiger partial charge in [0.05, 0.1) is 11.3 Å². The smallest absolute Gasteiger partial charge is 0.269 e. The lowest BCUT2D eigenvalue weighted by Crippen LogP contribution is -2.42. The van der Waals surface area contributed by atoms with Gasteiger partial charge in [-0.05, 0) is 81.3 Å². The minimum absolute atomic E-state index is 0.0672. The van der Waals surface area contributed by atoms with Gasteiger partial charge in [-0.3, -0.25) is 4.79 Å². The Labute approximate surface area is 205 Å². The summed E-state index contributed by atoms with van der Waals surface area (Å²) in [6.45, 7) is 11.9. The molecule has 0 radical (unpaired) electrons. The number of piperidine rings is 1. The zero-order valence-corrected chi connectivity index (χ0v) is 21.7. The molecule has 0 saturated carbocycles. The fraction of sp³-hybridized carbons (Fsp3) is 0.519. The van der Waals surface area contributed by atoms with E-state index in [4.69, 9.17) is 11.6 Å². The molecule has 5 nitrogen and oxygen atoms in total. The molecular weight excluding hydrogens is 453 g/mol. The van der Waals surface area contributed by atoms with Gasteiger partial charge >= 0.3 is 0 Å². The highest BCUT2D eigenvalue weighted by atomic mass is 35.5. The van der Waals surface area contributed by atoms with E-state index in [1.165, 1.54) is 4.57 Å². The first-order valence-electron chi connectivity index (χ1n) is 12.0. The van der Waals surface area contributed by atoms with E-state index in [1.54, 1.807) is 13.2 Å². The molecule has 184 valence electrons. The molecule has 1 aromatic carbocycles. The molecule has 2 aromatic heterocycles. The molecule has 7 heteroatoms. The average Bonchev–Trinajstić information content (AvgIpc) is 3.15. The monoisotopic (exact) mass is 487 g/mol. The number of aliphatic hydroxyl groups is 1. The summed E-state index contributed by atoms with van der Waals surface area (Å²) in [4.78, 5) is 18.0. The summed E-state index contributed by atoms with van der Waals surface area (Å²) in [5.74, 6) is 0.0605. The quantitative estimate of drug-likeness (QED) is 0.484. The van der Waals surface area contributed by atoms with Crippen molar-refractivity contribution in [2.45, 2.75) is 64.9 Å². The van der Waals surface area contributed by atoms with E-state index in [2.05, 4.69) is 23.7 Å². The summed E-state index contributed by atoms with van der Waals surface area (Å²) in [7, 11) is 1.68. The Bertz CT molecular complexity index is 1280. The summed E-state index contributed by atoms with van der Waals surface area (Å²) >= 11 is 6.34. The van der Waals surface area contributed by atoms with Crippen LogP contribution in [0.15, 0.2) is 23.1 Å². The van der Waals surface area contributed by atoms with E-state index in [0.29, 0.717) is 17.5 Å². The number of pyridine rings is 1. The average molecular weight is 488 g/mol. The number of aromatic nitrogens is 2. The van der Waals surface area contributed by atoms with Crippen LogP contribution in [-0.2, 0) is 7.05 Å². The number of nitrogens with zero attached hydrogens (tertiary/aromatic N) is 2. The van der Waals surface area contributed by atoms with Crippen LogP contribution in [-0.4, -0.2) is 44.8 Å². The third kappa shape index (κ3) is 4.56. The molecule has 0 spiro atoms. The van der Waals surface area contributed by atoms with Crippen LogP contribution in [0.25, 0.3) is 22.2 Å². The summed E-state index contributed by atoms with van der Waals surface area (Å²) in [6.07, 6.45) is 3.50. The van der Waals surface area contributed by atoms with Crippen LogP contribution in [0.1, 0.15) is 69.1 Å². The maximum absolute atomic E-state index is 16.1. The first-order chi connectivity index (χ1) is 15.9. The molecule has 0 amide bonds. The van der Waals surface area contributed by atoms with Crippen LogP contribution in [0.2, 0.25) is 5.02 Å². The number of β-amino-alcohol motifs (C(OH)–C–C–N with tert-alkyl or cyclic N) is 1. The molecule has 0 atom stereocenters. The second-order valence-corrected chi connectivity index (χ2v) is 11.1. The minimum atomic E-state index is -0.730. The van der Waals surface area contributed by atoms with Gasteiger partial charge in [-0.1, -0.05) is 31.5 Å². The summed E-state index contributed by atoms with van der Waals surface area (Å²) in [6, 6.07) is 3.89. The summed E-state index contributed by atoms with van der Waals surface area (Å²) in [5.41, 5.74) is 3.78. The Morgan fingerprint density at radius 3 is 2.50 bits per heavy atom. The lowest BCUT2D eigenvalue weighted by molar-refractivity contribution is 0.0280. The van der Waals surface area contributed by atoms with Crippen LogP contribution in [0.3, 0.4) is 0 Å². The highest BCUT2D eigenvalue weighted by Gasteiger charge is 2.29. The van der Waals surface area contributed by atoms with Gasteiger partial charge < -0.3 is 19.6 Å². The number of fused-ring (bicyclic) bond motifs is 1. The Kier molecular flexibility index (Phi) is 6.71. The summed E-state index contributed by atoms with van der Waals surface area (Å²) in [5, 5.41) is 10.9. The maximum atomic E-state index is 16.1. The fourth-order valence-electron chi connectivity index (χ4n) is 5.38. The van der Waals surface area contributed by atoms with Crippen molar-refractivity contribution in [3.8, 4) is 11.3 Å². The van der Waals surface area contributed by atoms with Gasteiger partial charge in [0.15, 0.2) is 0 Å². The van der Waals surface area contributed by atoms with Crippen molar-refractivity contribution in [3.63, 3.8) is 0 Å². The van der Waals surface area contributed by atoms with E-state index in [1.807, 2.05) is 32.9 Å². The van der Waals surface area contributed by atoms with Gasteiger partial charge in [-0.15, -0.1) is 0 Å². The molecule has 0 aliphatic carbocycles. The van der Waals surface area contributed by atoms with Crippen molar-refractivity contribution in [1.29, 1.82) is 0 Å². The van der Waals surface area contributed by atoms with Gasteiger partial charge in [0.2, 0.25) is 0 Å². The highest BCUT2D eigenvalue weighted by molar-refractivity contribution is 6.31. The first-order valence-corrected chi connectivity index (χ1v) is 12.4. The number of aryl methyl sites for hydroxylation is 1. The molecule has 0 unspecified atom stereocenters. The molecular formula is C27H35ClFN3O2. The zero-order valence-electron chi connectivity index (χ0n) is 20.9. The van der Waals surface area contributed by atoms with E-state index < -0.39 is 5.60 Å². The largest absolute Gasteiger partial charge is 0.389 e. The SMILES string of the molecule is Cc1c(-c2[nH]c3ccc(C4CCN(CC(C)(C)O)CC4)c(F)c3c2C(C)C)cn(C)c(=O)c1Cl. The van der Waals surface area contributed by atoms with Crippen molar-refractivity contribution in [1.82, 2.24) is 14.5 Å². The van der Waals surface area contributed by atoms with Gasteiger partial charge in [-0.2, -0.15) is 0 Å². The molecule has 1 saturated heterocycles. The van der Waals surface area contributed by atoms with Gasteiger partial charge in [-0.25, -0.2) is 4.39 Å². The van der Waals surface area contributed by atoms with Crippen molar-refractivity contribution in [3.05, 3.63) is 56.2 Å². The molecule has 3 aromatic rings. The second-order valence-electron chi connectivity index (χ2n) is 10.7. The van der Waals surface area contributed by atoms with E-state index in [9.17, 15) is 9.90 Å². The molecule has 1 aliphatic heterocycles. The Hall–Kier alpha value is -2.15. The number of H-pyrrole nitrogens is 1. The van der Waals surface area contributed by atoms with Gasteiger partial charge in [0.1, 0.15) is 10.8 Å². The van der Waals surface area contributed by atoms with E-state index in [0.717, 1.165) is 53.8 Å². The molecule has 34 heavy (non-hydrogen) atoms. The molecule has 2 N–H and O–H groups in total. The topological polar surface area (TPSA) is 61.3 Å². The van der Waals surface area contributed by atoms with Crippen LogP contribution < -0.4 is 5.56 Å². The van der Waals surface area contributed by atoms with E-state index >= 15 is 4.39 Å². The van der Waals surface area contributed by atoms with Crippen LogP contribution in [0.5, 0.6) is 0 Å². The van der Waals surface area contributed by atoms with Gasteiger partial charge in [0, 0.05) is 36.3 Å². The van der Waals surface area contributed by atoms with Crippen molar-refractivity contribution < 1.29 is 9.50 Å².